The highest BCUT2D eigenvalue weighted by Gasteiger charge is 2.29. The minimum absolute atomic E-state index is 0.589. The van der Waals surface area contributed by atoms with E-state index in [1.165, 1.54) is 12.1 Å². The second-order valence-corrected chi connectivity index (χ2v) is 3.87. The number of anilines is 1. The number of hydrogen-bond donors (Lipinski definition) is 1. The zero-order chi connectivity index (χ0) is 12.2. The quantitative estimate of drug-likeness (QED) is 0.801. The lowest BCUT2D eigenvalue weighted by Gasteiger charge is -2.09. The van der Waals surface area contributed by atoms with E-state index in [1.54, 1.807) is 0 Å². The van der Waals surface area contributed by atoms with Gasteiger partial charge in [-0.2, -0.15) is 13.2 Å². The SMILES string of the molecule is CCCC(=S)Nc1ccc(C(F)(F)F)cc1. The van der Waals surface area contributed by atoms with Crippen molar-refractivity contribution < 1.29 is 13.2 Å². The minimum Gasteiger partial charge on any atom is -0.350 e. The summed E-state index contributed by atoms with van der Waals surface area (Å²) in [5, 5.41) is 2.89. The van der Waals surface area contributed by atoms with Crippen molar-refractivity contribution in [2.45, 2.75) is 25.9 Å². The monoisotopic (exact) mass is 247 g/mol. The first-order valence-corrected chi connectivity index (χ1v) is 5.31. The topological polar surface area (TPSA) is 12.0 Å². The molecule has 88 valence electrons. The number of nitrogens with one attached hydrogen (secondary N) is 1. The first kappa shape index (κ1) is 13.0. The summed E-state index contributed by atoms with van der Waals surface area (Å²) < 4.78 is 36.8. The Kier molecular flexibility index (Phi) is 4.29. The molecule has 0 bridgehead atoms. The van der Waals surface area contributed by atoms with Crippen LogP contribution in [0.5, 0.6) is 0 Å². The molecule has 0 radical (unpaired) electrons. The molecule has 0 saturated carbocycles. The Labute approximate surface area is 97.7 Å². The molecule has 0 atom stereocenters. The molecule has 0 amide bonds. The first-order valence-electron chi connectivity index (χ1n) is 4.90. The number of halogens is 3. The maximum absolute atomic E-state index is 12.3. The van der Waals surface area contributed by atoms with Gasteiger partial charge in [0.25, 0.3) is 0 Å². The maximum Gasteiger partial charge on any atom is 0.416 e. The Morgan fingerprint density at radius 2 is 1.81 bits per heavy atom. The van der Waals surface area contributed by atoms with Crippen LogP contribution in [0.4, 0.5) is 18.9 Å². The summed E-state index contributed by atoms with van der Waals surface area (Å²) in [6, 6.07) is 4.84. The first-order chi connectivity index (χ1) is 7.43. The molecular weight excluding hydrogens is 235 g/mol. The van der Waals surface area contributed by atoms with E-state index in [4.69, 9.17) is 12.2 Å². The third-order valence-electron chi connectivity index (χ3n) is 1.97. The summed E-state index contributed by atoms with van der Waals surface area (Å²) in [6.45, 7) is 1.99. The van der Waals surface area contributed by atoms with Crippen LogP contribution in [0, 0.1) is 0 Å². The Bertz CT molecular complexity index is 356. The number of alkyl halides is 3. The van der Waals surface area contributed by atoms with Crippen molar-refractivity contribution in [1.29, 1.82) is 0 Å². The number of hydrogen-bond acceptors (Lipinski definition) is 1. The fraction of sp³-hybridized carbons (Fsp3) is 0.364. The summed E-state index contributed by atoms with van der Waals surface area (Å²) in [5.74, 6) is 0. The van der Waals surface area contributed by atoms with Crippen molar-refractivity contribution in [1.82, 2.24) is 0 Å². The molecule has 0 spiro atoms. The molecule has 0 aliphatic rings. The lowest BCUT2D eigenvalue weighted by Crippen LogP contribution is -2.09. The molecule has 1 nitrogen and oxygen atoms in total. The van der Waals surface area contributed by atoms with Crippen LogP contribution in [0.25, 0.3) is 0 Å². The molecule has 0 aromatic heterocycles. The number of thiocarbonyl (C=S) groups is 1. The molecule has 1 aromatic rings. The second-order valence-electron chi connectivity index (χ2n) is 3.37. The fourth-order valence-electron chi connectivity index (χ4n) is 1.19. The molecule has 5 heteroatoms. The summed E-state index contributed by atoms with van der Waals surface area (Å²) in [4.78, 5) is 0.641. The van der Waals surface area contributed by atoms with Crippen LogP contribution in [0.3, 0.4) is 0 Å². The Balaban J connectivity index is 2.69. The van der Waals surface area contributed by atoms with Gasteiger partial charge in [-0.15, -0.1) is 0 Å². The summed E-state index contributed by atoms with van der Waals surface area (Å²) >= 11 is 5.01. The van der Waals surface area contributed by atoms with Crippen molar-refractivity contribution >= 4 is 22.9 Å². The van der Waals surface area contributed by atoms with Gasteiger partial charge in [0.1, 0.15) is 0 Å². The third kappa shape index (κ3) is 3.81. The minimum atomic E-state index is -4.29. The lowest BCUT2D eigenvalue weighted by atomic mass is 10.2. The zero-order valence-corrected chi connectivity index (χ0v) is 9.58. The Hall–Kier alpha value is -1.10. The van der Waals surface area contributed by atoms with E-state index >= 15 is 0 Å². The van der Waals surface area contributed by atoms with Crippen molar-refractivity contribution in [3.63, 3.8) is 0 Å². The predicted molar refractivity (Wildman–Crippen MR) is 62.6 cm³/mol. The van der Waals surface area contributed by atoms with E-state index < -0.39 is 11.7 Å². The van der Waals surface area contributed by atoms with Crippen LogP contribution in [-0.2, 0) is 6.18 Å². The van der Waals surface area contributed by atoms with Crippen LogP contribution < -0.4 is 5.32 Å². The predicted octanol–water partition coefficient (Wildman–Crippen LogP) is 4.24. The van der Waals surface area contributed by atoms with Gasteiger partial charge in [-0.25, -0.2) is 0 Å². The highest BCUT2D eigenvalue weighted by atomic mass is 32.1. The van der Waals surface area contributed by atoms with Crippen molar-refractivity contribution in [2.75, 3.05) is 5.32 Å². The van der Waals surface area contributed by atoms with Crippen molar-refractivity contribution in [3.8, 4) is 0 Å². The molecule has 0 saturated heterocycles. The lowest BCUT2D eigenvalue weighted by molar-refractivity contribution is -0.137. The van der Waals surface area contributed by atoms with Crippen LogP contribution in [-0.4, -0.2) is 4.99 Å². The van der Waals surface area contributed by atoms with Gasteiger partial charge in [0, 0.05) is 5.69 Å². The Morgan fingerprint density at radius 3 is 2.25 bits per heavy atom. The van der Waals surface area contributed by atoms with Gasteiger partial charge in [-0.05, 0) is 37.1 Å². The van der Waals surface area contributed by atoms with E-state index in [1.807, 2.05) is 6.92 Å². The summed E-state index contributed by atoms with van der Waals surface area (Å²) in [7, 11) is 0. The van der Waals surface area contributed by atoms with E-state index in [9.17, 15) is 13.2 Å². The Morgan fingerprint density at radius 1 is 1.25 bits per heavy atom. The highest BCUT2D eigenvalue weighted by Crippen LogP contribution is 2.29. The molecule has 0 fully saturated rings. The smallest absolute Gasteiger partial charge is 0.350 e. The zero-order valence-electron chi connectivity index (χ0n) is 8.77. The van der Waals surface area contributed by atoms with Crippen molar-refractivity contribution in [3.05, 3.63) is 29.8 Å². The van der Waals surface area contributed by atoms with Crippen LogP contribution >= 0.6 is 12.2 Å². The van der Waals surface area contributed by atoms with Crippen LogP contribution in [0.2, 0.25) is 0 Å². The third-order valence-corrected chi connectivity index (χ3v) is 2.28. The molecule has 1 rings (SSSR count). The highest BCUT2D eigenvalue weighted by molar-refractivity contribution is 7.80. The van der Waals surface area contributed by atoms with Gasteiger partial charge in [0.15, 0.2) is 0 Å². The average Bonchev–Trinajstić information content (AvgIpc) is 2.17. The molecule has 0 aliphatic carbocycles. The van der Waals surface area contributed by atoms with Gasteiger partial charge in [-0.3, -0.25) is 0 Å². The number of rotatable bonds is 3. The van der Waals surface area contributed by atoms with Crippen molar-refractivity contribution in [2.24, 2.45) is 0 Å². The van der Waals surface area contributed by atoms with E-state index in [2.05, 4.69) is 5.32 Å². The van der Waals surface area contributed by atoms with Gasteiger partial charge in [-0.1, -0.05) is 19.1 Å². The molecule has 1 N–H and O–H groups in total. The number of benzene rings is 1. The molecule has 0 unspecified atom stereocenters. The second kappa shape index (κ2) is 5.30. The molecular formula is C11H12F3NS. The van der Waals surface area contributed by atoms with E-state index in [-0.39, 0.29) is 0 Å². The van der Waals surface area contributed by atoms with Crippen LogP contribution in [0.15, 0.2) is 24.3 Å². The summed E-state index contributed by atoms with van der Waals surface area (Å²) in [5.41, 5.74) is -0.0640. The van der Waals surface area contributed by atoms with Gasteiger partial charge < -0.3 is 5.32 Å². The van der Waals surface area contributed by atoms with Gasteiger partial charge in [0.2, 0.25) is 0 Å². The maximum atomic E-state index is 12.3. The van der Waals surface area contributed by atoms with E-state index in [0.29, 0.717) is 10.7 Å². The van der Waals surface area contributed by atoms with Gasteiger partial charge in [0.05, 0.1) is 10.6 Å². The normalized spacial score (nSPS) is 11.2. The average molecular weight is 247 g/mol. The largest absolute Gasteiger partial charge is 0.416 e. The van der Waals surface area contributed by atoms with Crippen LogP contribution in [0.1, 0.15) is 25.3 Å². The molecule has 16 heavy (non-hydrogen) atoms. The molecule has 0 heterocycles. The fourth-order valence-corrected chi connectivity index (χ4v) is 1.52. The van der Waals surface area contributed by atoms with Gasteiger partial charge >= 0.3 is 6.18 Å². The molecule has 1 aromatic carbocycles. The summed E-state index contributed by atoms with van der Waals surface area (Å²) in [6.07, 6.45) is -2.65. The molecule has 0 aliphatic heterocycles. The van der Waals surface area contributed by atoms with E-state index in [0.717, 1.165) is 25.0 Å². The standard InChI is InChI=1S/C11H12F3NS/c1-2-3-10(16)15-9-6-4-8(5-7-9)11(12,13)14/h4-7H,2-3H2,1H3,(H,15,16).